The van der Waals surface area contributed by atoms with Gasteiger partial charge in [0, 0.05) is 0 Å². The van der Waals surface area contributed by atoms with E-state index in [0.29, 0.717) is 6.16 Å². The zero-order valence-corrected chi connectivity index (χ0v) is 11.8. The van der Waals surface area contributed by atoms with E-state index in [9.17, 15) is 9.79 Å². The Morgan fingerprint density at radius 3 is 1.55 bits per heavy atom. The molecule has 0 atom stereocenters. The summed E-state index contributed by atoms with van der Waals surface area (Å²) in [5.74, 6) is 0. The number of hydrogen-bond acceptors (Lipinski definition) is 2. The summed E-state index contributed by atoms with van der Waals surface area (Å²) in [6.45, 7) is 1.97. The zero-order valence-electron chi connectivity index (χ0n) is 6.56. The molecule has 0 aliphatic carbocycles. The summed E-state index contributed by atoms with van der Waals surface area (Å²) in [6.07, 6.45) is 2.12. The van der Waals surface area contributed by atoms with Crippen molar-refractivity contribution in [2.24, 2.45) is 0 Å². The van der Waals surface area contributed by atoms with E-state index in [1.54, 1.807) is 0 Å². The Morgan fingerprint density at radius 2 is 1.45 bits per heavy atom. The van der Waals surface area contributed by atoms with E-state index in [-0.39, 0.29) is 70.9 Å². The van der Waals surface area contributed by atoms with Gasteiger partial charge < -0.3 is 43.0 Å². The van der Waals surface area contributed by atoms with E-state index >= 15 is 0 Å². The fourth-order valence-electron chi connectivity index (χ4n) is 0.287. The van der Waals surface area contributed by atoms with Crippen LogP contribution in [0.15, 0.2) is 0 Å². The number of rotatable bonds is 3. The zero-order chi connectivity index (χ0) is 5.70. The first kappa shape index (κ1) is 29.2. The molecule has 11 heavy (non-hydrogen) atoms. The molecule has 60 valence electrons. The van der Waals surface area contributed by atoms with Crippen molar-refractivity contribution in [1.82, 2.24) is 0 Å². The molecule has 0 unspecified atom stereocenters. The largest absolute Gasteiger partial charge is 2.00 e. The van der Waals surface area contributed by atoms with Crippen LogP contribution in [-0.2, 0) is 0 Å². The van der Waals surface area contributed by atoms with E-state index in [0.717, 1.165) is 12.8 Å². The van der Waals surface area contributed by atoms with Crippen LogP contribution in [0.5, 0.6) is 0 Å². The molecule has 0 rings (SSSR count). The Balaban J connectivity index is -0.0000000300. The van der Waals surface area contributed by atoms with Gasteiger partial charge in [0.1, 0.15) is 0 Å². The first-order valence-electron chi connectivity index (χ1n) is 2.39. The van der Waals surface area contributed by atoms with E-state index < -0.39 is 8.38 Å². The minimum atomic E-state index is -2.11. The van der Waals surface area contributed by atoms with E-state index in [2.05, 4.69) is 0 Å². The predicted octanol–water partition coefficient (Wildman–Crippen LogP) is -6.93. The summed E-state index contributed by atoms with van der Waals surface area (Å²) in [7, 11) is -2.11. The maximum absolute atomic E-state index is 9.80. The number of halogens is 2. The monoisotopic (exact) mass is 238 g/mol. The van der Waals surface area contributed by atoms with Gasteiger partial charge in [-0.15, -0.1) is 0 Å². The second-order valence-electron chi connectivity index (χ2n) is 1.41. The smallest absolute Gasteiger partial charge is 1.00 e. The molecule has 0 heterocycles. The van der Waals surface area contributed by atoms with Crippen LogP contribution in [0.3, 0.4) is 0 Å². The van der Waals surface area contributed by atoms with Crippen LogP contribution < -0.4 is 34.6 Å². The molecule has 0 aliphatic rings. The van der Waals surface area contributed by atoms with E-state index in [4.69, 9.17) is 0 Å². The van der Waals surface area contributed by atoms with Crippen LogP contribution in [0.1, 0.15) is 19.8 Å². The standard InChI is InChI=1S/C4H9O2P.2ClH.2Mg/c1-2-3-4-7(5)6;;;;/h2-4H2,1H3;2*1H;;/q-2;;;2*+2/p-2. The van der Waals surface area contributed by atoms with Gasteiger partial charge in [-0.2, -0.15) is 0 Å². The average Bonchev–Trinajstić information content (AvgIpc) is 1.61. The van der Waals surface area contributed by atoms with Crippen molar-refractivity contribution in [1.29, 1.82) is 0 Å². The van der Waals surface area contributed by atoms with Gasteiger partial charge in [0.2, 0.25) is 0 Å². The van der Waals surface area contributed by atoms with Crippen molar-refractivity contribution < 1.29 is 34.6 Å². The summed E-state index contributed by atoms with van der Waals surface area (Å²) >= 11 is 0. The molecule has 0 amide bonds. The van der Waals surface area contributed by atoms with Crippen molar-refractivity contribution in [2.45, 2.75) is 19.8 Å². The molecule has 0 saturated carbocycles. The average molecular weight is 240 g/mol. The Morgan fingerprint density at radius 1 is 1.09 bits per heavy atom. The molecule has 2 nitrogen and oxygen atoms in total. The number of hydrogen-bond donors (Lipinski definition) is 0. The maximum Gasteiger partial charge on any atom is 2.00 e. The second-order valence-corrected chi connectivity index (χ2v) is 2.52. The van der Waals surface area contributed by atoms with Crippen LogP contribution in [0.4, 0.5) is 0 Å². The summed E-state index contributed by atoms with van der Waals surface area (Å²) in [5.41, 5.74) is 0. The SMILES string of the molecule is CCCCP([O-])[O-].[Cl-].[Cl-].[Mg+2].[Mg+2]. The Labute approximate surface area is 114 Å². The minimum Gasteiger partial charge on any atom is -1.00 e. The number of unbranched alkanes of at least 4 members (excludes halogenated alkanes) is 1. The summed E-state index contributed by atoms with van der Waals surface area (Å²) < 4.78 is 0. The van der Waals surface area contributed by atoms with Gasteiger partial charge >= 0.3 is 46.1 Å². The normalized spacial score (nSPS) is 6.55. The predicted molar refractivity (Wildman–Crippen MR) is 38.2 cm³/mol. The van der Waals surface area contributed by atoms with Crippen molar-refractivity contribution in [2.75, 3.05) is 6.16 Å². The van der Waals surface area contributed by atoms with Gasteiger partial charge in [0.25, 0.3) is 0 Å². The molecule has 0 aliphatic heterocycles. The second kappa shape index (κ2) is 22.9. The van der Waals surface area contributed by atoms with E-state index in [1.807, 2.05) is 6.92 Å². The van der Waals surface area contributed by atoms with Crippen molar-refractivity contribution in [3.8, 4) is 0 Å². The summed E-state index contributed by atoms with van der Waals surface area (Å²) in [6, 6.07) is 0. The molecule has 0 aromatic rings. The van der Waals surface area contributed by atoms with Crippen molar-refractivity contribution >= 4 is 54.5 Å². The molecule has 0 fully saturated rings. The molecule has 0 aromatic heterocycles. The van der Waals surface area contributed by atoms with Gasteiger partial charge in [-0.25, -0.2) is 0 Å². The van der Waals surface area contributed by atoms with Crippen LogP contribution in [0, 0.1) is 0 Å². The topological polar surface area (TPSA) is 46.1 Å². The molecule has 0 spiro atoms. The maximum atomic E-state index is 9.80. The fourth-order valence-corrected chi connectivity index (χ4v) is 0.862. The molecule has 0 radical (unpaired) electrons. The molecule has 0 bridgehead atoms. The Hall–Kier alpha value is 2.46. The minimum absolute atomic E-state index is 0. The summed E-state index contributed by atoms with van der Waals surface area (Å²) in [4.78, 5) is 19.6. The quantitative estimate of drug-likeness (QED) is 0.363. The van der Waals surface area contributed by atoms with Crippen LogP contribution in [-0.4, -0.2) is 52.3 Å². The van der Waals surface area contributed by atoms with E-state index in [1.165, 1.54) is 0 Å². The van der Waals surface area contributed by atoms with Gasteiger partial charge in [-0.1, -0.05) is 25.9 Å². The Kier molecular flexibility index (Phi) is 60.7. The van der Waals surface area contributed by atoms with Crippen LogP contribution in [0.25, 0.3) is 0 Å². The third-order valence-corrected chi connectivity index (χ3v) is 1.38. The molecule has 0 saturated heterocycles. The third kappa shape index (κ3) is 32.7. The van der Waals surface area contributed by atoms with Gasteiger partial charge in [-0.05, 0) is 0 Å². The van der Waals surface area contributed by atoms with Crippen LogP contribution >= 0.6 is 8.38 Å². The molecule has 7 heteroatoms. The molecular formula is C4H9Cl2Mg2O2P. The van der Waals surface area contributed by atoms with Crippen molar-refractivity contribution in [3.05, 3.63) is 0 Å². The first-order valence-corrected chi connectivity index (χ1v) is 3.75. The van der Waals surface area contributed by atoms with Crippen molar-refractivity contribution in [3.63, 3.8) is 0 Å². The third-order valence-electron chi connectivity index (χ3n) is 0.694. The van der Waals surface area contributed by atoms with Gasteiger partial charge in [-0.3, -0.25) is 0 Å². The molecular weight excluding hydrogens is 231 g/mol. The van der Waals surface area contributed by atoms with Gasteiger partial charge in [0.15, 0.2) is 0 Å². The molecule has 0 N–H and O–H groups in total. The first-order chi connectivity index (χ1) is 3.27. The molecule has 0 aromatic carbocycles. The summed E-state index contributed by atoms with van der Waals surface area (Å²) in [5, 5.41) is 0. The fraction of sp³-hybridized carbons (Fsp3) is 1.00. The van der Waals surface area contributed by atoms with Crippen LogP contribution in [0.2, 0.25) is 0 Å². The van der Waals surface area contributed by atoms with Gasteiger partial charge in [0.05, 0.1) is 0 Å². The Bertz CT molecular complexity index is 53.1.